The van der Waals surface area contributed by atoms with E-state index in [1.807, 2.05) is 11.8 Å². The molecular weight excluding hydrogens is 234 g/mol. The summed E-state index contributed by atoms with van der Waals surface area (Å²) in [5.41, 5.74) is -0.466. The third-order valence-corrected chi connectivity index (χ3v) is 4.36. The second-order valence-electron chi connectivity index (χ2n) is 5.06. The fourth-order valence-electron chi connectivity index (χ4n) is 2.81. The van der Waals surface area contributed by atoms with E-state index in [0.717, 1.165) is 45.3 Å². The zero-order valence-electron chi connectivity index (χ0n) is 11.1. The predicted molar refractivity (Wildman–Crippen MR) is 73.6 cm³/mol. The van der Waals surface area contributed by atoms with Crippen LogP contribution >= 0.6 is 11.8 Å². The van der Waals surface area contributed by atoms with Gasteiger partial charge >= 0.3 is 5.97 Å². The number of carbonyl (C=O) groups is 1. The molecule has 1 heterocycles. The van der Waals surface area contributed by atoms with E-state index in [9.17, 15) is 9.90 Å². The van der Waals surface area contributed by atoms with Gasteiger partial charge in [0.1, 0.15) is 0 Å². The van der Waals surface area contributed by atoms with E-state index < -0.39 is 11.4 Å². The summed E-state index contributed by atoms with van der Waals surface area (Å²) < 4.78 is 0. The standard InChI is InChI=1S/C13H25NO2S/c1-3-6-13(12(15)16)7-4-8-14(11-13)9-5-10-17-2/h3-11H2,1-2H3,(H,15,16). The molecule has 0 aromatic rings. The number of aliphatic carboxylic acids is 1. The van der Waals surface area contributed by atoms with E-state index in [2.05, 4.69) is 18.1 Å². The summed E-state index contributed by atoms with van der Waals surface area (Å²) in [6, 6.07) is 0. The maximum atomic E-state index is 11.5. The molecule has 0 amide bonds. The van der Waals surface area contributed by atoms with Gasteiger partial charge < -0.3 is 10.0 Å². The van der Waals surface area contributed by atoms with Crippen molar-refractivity contribution in [3.05, 3.63) is 0 Å². The number of piperidine rings is 1. The van der Waals surface area contributed by atoms with Crippen molar-refractivity contribution in [1.82, 2.24) is 4.90 Å². The summed E-state index contributed by atoms with van der Waals surface area (Å²) in [6.45, 7) is 4.97. The lowest BCUT2D eigenvalue weighted by atomic mass is 9.76. The van der Waals surface area contributed by atoms with Gasteiger partial charge in [-0.1, -0.05) is 13.3 Å². The summed E-state index contributed by atoms with van der Waals surface area (Å²) in [5, 5.41) is 9.48. The average molecular weight is 259 g/mol. The Morgan fingerprint density at radius 2 is 2.29 bits per heavy atom. The van der Waals surface area contributed by atoms with Gasteiger partial charge in [0.05, 0.1) is 5.41 Å². The Balaban J connectivity index is 2.52. The lowest BCUT2D eigenvalue weighted by Gasteiger charge is -2.40. The van der Waals surface area contributed by atoms with Gasteiger partial charge in [0.25, 0.3) is 0 Å². The molecule has 1 unspecified atom stereocenters. The molecule has 4 heteroatoms. The SMILES string of the molecule is CCCC1(C(=O)O)CCCN(CCCSC)C1. The molecule has 17 heavy (non-hydrogen) atoms. The van der Waals surface area contributed by atoms with Crippen LogP contribution in [0.4, 0.5) is 0 Å². The Labute approximate surface area is 109 Å². The first kappa shape index (κ1) is 14.8. The van der Waals surface area contributed by atoms with Gasteiger partial charge in [-0.3, -0.25) is 4.79 Å². The quantitative estimate of drug-likeness (QED) is 0.714. The van der Waals surface area contributed by atoms with Crippen molar-refractivity contribution >= 4 is 17.7 Å². The van der Waals surface area contributed by atoms with Gasteiger partial charge in [0.15, 0.2) is 0 Å². The zero-order valence-corrected chi connectivity index (χ0v) is 11.9. The minimum atomic E-state index is -0.589. The molecular formula is C13H25NO2S. The van der Waals surface area contributed by atoms with Crippen molar-refractivity contribution in [2.75, 3.05) is 31.6 Å². The van der Waals surface area contributed by atoms with Crippen molar-refractivity contribution in [3.8, 4) is 0 Å². The highest BCUT2D eigenvalue weighted by Crippen LogP contribution is 2.35. The molecule has 0 aliphatic carbocycles. The van der Waals surface area contributed by atoms with Crippen LogP contribution in [-0.2, 0) is 4.79 Å². The highest BCUT2D eigenvalue weighted by molar-refractivity contribution is 7.98. The number of nitrogens with zero attached hydrogens (tertiary/aromatic N) is 1. The fraction of sp³-hybridized carbons (Fsp3) is 0.923. The number of likely N-dealkylation sites (tertiary alicyclic amines) is 1. The molecule has 1 fully saturated rings. The van der Waals surface area contributed by atoms with Crippen LogP contribution in [-0.4, -0.2) is 47.6 Å². The molecule has 0 radical (unpaired) electrons. The van der Waals surface area contributed by atoms with E-state index in [1.165, 1.54) is 12.2 Å². The Hall–Kier alpha value is -0.220. The van der Waals surface area contributed by atoms with Gasteiger partial charge in [-0.15, -0.1) is 0 Å². The van der Waals surface area contributed by atoms with Crippen LogP contribution in [0.1, 0.15) is 39.0 Å². The summed E-state index contributed by atoms with van der Waals surface area (Å²) in [6.07, 6.45) is 6.96. The molecule has 1 saturated heterocycles. The molecule has 1 atom stereocenters. The summed E-state index contributed by atoms with van der Waals surface area (Å²) >= 11 is 1.86. The second-order valence-corrected chi connectivity index (χ2v) is 6.05. The van der Waals surface area contributed by atoms with Crippen molar-refractivity contribution in [2.45, 2.75) is 39.0 Å². The fourth-order valence-corrected chi connectivity index (χ4v) is 3.23. The highest BCUT2D eigenvalue weighted by Gasteiger charge is 2.41. The molecule has 1 N–H and O–H groups in total. The minimum Gasteiger partial charge on any atom is -0.481 e. The number of hydrogen-bond acceptors (Lipinski definition) is 3. The molecule has 0 saturated carbocycles. The van der Waals surface area contributed by atoms with Crippen LogP contribution in [0.25, 0.3) is 0 Å². The molecule has 100 valence electrons. The smallest absolute Gasteiger partial charge is 0.310 e. The maximum absolute atomic E-state index is 11.5. The van der Waals surface area contributed by atoms with E-state index in [4.69, 9.17) is 0 Å². The first-order chi connectivity index (χ1) is 8.14. The summed E-state index contributed by atoms with van der Waals surface area (Å²) in [4.78, 5) is 13.9. The molecule has 1 aliphatic heterocycles. The van der Waals surface area contributed by atoms with E-state index >= 15 is 0 Å². The van der Waals surface area contributed by atoms with Crippen LogP contribution in [0.2, 0.25) is 0 Å². The molecule has 1 rings (SSSR count). The monoisotopic (exact) mass is 259 g/mol. The minimum absolute atomic E-state index is 0.466. The van der Waals surface area contributed by atoms with Crippen molar-refractivity contribution in [2.24, 2.45) is 5.41 Å². The van der Waals surface area contributed by atoms with Gasteiger partial charge in [0.2, 0.25) is 0 Å². The van der Waals surface area contributed by atoms with Crippen molar-refractivity contribution < 1.29 is 9.90 Å². The molecule has 0 aromatic heterocycles. The Morgan fingerprint density at radius 1 is 1.53 bits per heavy atom. The van der Waals surface area contributed by atoms with Gasteiger partial charge in [-0.05, 0) is 50.8 Å². The van der Waals surface area contributed by atoms with Crippen molar-refractivity contribution in [3.63, 3.8) is 0 Å². The largest absolute Gasteiger partial charge is 0.481 e. The second kappa shape index (κ2) is 7.27. The van der Waals surface area contributed by atoms with E-state index in [0.29, 0.717) is 0 Å². The Kier molecular flexibility index (Phi) is 6.34. The molecule has 0 aromatic carbocycles. The first-order valence-corrected chi connectivity index (χ1v) is 7.98. The molecule has 3 nitrogen and oxygen atoms in total. The molecule has 0 spiro atoms. The Bertz CT molecular complexity index is 244. The van der Waals surface area contributed by atoms with Crippen LogP contribution in [0.5, 0.6) is 0 Å². The summed E-state index contributed by atoms with van der Waals surface area (Å²) in [7, 11) is 0. The maximum Gasteiger partial charge on any atom is 0.310 e. The van der Waals surface area contributed by atoms with Crippen LogP contribution in [0.15, 0.2) is 0 Å². The van der Waals surface area contributed by atoms with Crippen molar-refractivity contribution in [1.29, 1.82) is 0 Å². The lowest BCUT2D eigenvalue weighted by molar-refractivity contribution is -0.153. The Morgan fingerprint density at radius 3 is 2.88 bits per heavy atom. The number of carboxylic acids is 1. The molecule has 1 aliphatic rings. The summed E-state index contributed by atoms with van der Waals surface area (Å²) in [5.74, 6) is 0.582. The van der Waals surface area contributed by atoms with Gasteiger partial charge in [-0.2, -0.15) is 11.8 Å². The third-order valence-electron chi connectivity index (χ3n) is 3.66. The van der Waals surface area contributed by atoms with Crippen LogP contribution < -0.4 is 0 Å². The zero-order chi connectivity index (χ0) is 12.7. The number of thioether (sulfide) groups is 1. The number of carboxylic acid groups (broad SMARTS) is 1. The predicted octanol–water partition coefficient (Wildman–Crippen LogP) is 2.71. The average Bonchev–Trinajstić information content (AvgIpc) is 2.30. The van der Waals surface area contributed by atoms with Gasteiger partial charge in [0, 0.05) is 6.54 Å². The topological polar surface area (TPSA) is 40.5 Å². The van der Waals surface area contributed by atoms with Crippen LogP contribution in [0.3, 0.4) is 0 Å². The first-order valence-electron chi connectivity index (χ1n) is 6.59. The van der Waals surface area contributed by atoms with E-state index in [1.54, 1.807) is 0 Å². The highest BCUT2D eigenvalue weighted by atomic mass is 32.2. The molecule has 0 bridgehead atoms. The third kappa shape index (κ3) is 4.18. The van der Waals surface area contributed by atoms with Crippen LogP contribution in [0, 0.1) is 5.41 Å². The normalized spacial score (nSPS) is 26.0. The number of rotatable bonds is 7. The van der Waals surface area contributed by atoms with E-state index in [-0.39, 0.29) is 0 Å². The number of hydrogen-bond donors (Lipinski definition) is 1. The lowest BCUT2D eigenvalue weighted by Crippen LogP contribution is -2.48. The van der Waals surface area contributed by atoms with Gasteiger partial charge in [-0.25, -0.2) is 0 Å².